The van der Waals surface area contributed by atoms with E-state index in [0.717, 1.165) is 18.5 Å². The number of nitrogens with one attached hydrogen (secondary N) is 1. The molecule has 1 nitrogen and oxygen atoms in total. The van der Waals surface area contributed by atoms with Gasteiger partial charge in [0, 0.05) is 6.54 Å². The van der Waals surface area contributed by atoms with Crippen molar-refractivity contribution in [2.45, 2.75) is 39.0 Å². The molecule has 2 heteroatoms. The summed E-state index contributed by atoms with van der Waals surface area (Å²) in [5, 5.41) is 3.18. The number of halogens is 1. The molecule has 0 amide bonds. The average Bonchev–Trinajstić information content (AvgIpc) is 2.35. The summed E-state index contributed by atoms with van der Waals surface area (Å²) in [5.41, 5.74) is 0.855. The van der Waals surface area contributed by atoms with E-state index >= 15 is 0 Å². The molecule has 17 heavy (non-hydrogen) atoms. The lowest BCUT2D eigenvalue weighted by Crippen LogP contribution is -2.20. The van der Waals surface area contributed by atoms with Crippen LogP contribution in [-0.4, -0.2) is 13.6 Å². The fourth-order valence-electron chi connectivity index (χ4n) is 2.40. The van der Waals surface area contributed by atoms with Gasteiger partial charge in [0.15, 0.2) is 0 Å². The van der Waals surface area contributed by atoms with E-state index in [1.807, 2.05) is 19.2 Å². The maximum Gasteiger partial charge on any atom is 0.126 e. The van der Waals surface area contributed by atoms with Gasteiger partial charge in [-0.05, 0) is 36.9 Å². The second-order valence-corrected chi connectivity index (χ2v) is 4.69. The number of hydrogen-bond donors (Lipinski definition) is 1. The molecule has 0 aliphatic heterocycles. The lowest BCUT2D eigenvalue weighted by atomic mass is 9.86. The standard InChI is InChI=1S/C15H24FN/c1-4-12(5-2)10-13(11-17-3)14-8-6-7-9-15(14)16/h6-9,12-13,17H,4-5,10-11H2,1-3H3. The Labute approximate surface area is 104 Å². The highest BCUT2D eigenvalue weighted by atomic mass is 19.1. The molecule has 96 valence electrons. The Morgan fingerprint density at radius 2 is 1.82 bits per heavy atom. The zero-order valence-electron chi connectivity index (χ0n) is 11.2. The Hall–Kier alpha value is -0.890. The van der Waals surface area contributed by atoms with Gasteiger partial charge in [-0.25, -0.2) is 4.39 Å². The molecule has 1 aromatic rings. The van der Waals surface area contributed by atoms with Crippen LogP contribution in [0, 0.1) is 11.7 Å². The van der Waals surface area contributed by atoms with Gasteiger partial charge in [-0.2, -0.15) is 0 Å². The number of hydrogen-bond acceptors (Lipinski definition) is 1. The number of benzene rings is 1. The van der Waals surface area contributed by atoms with Crippen LogP contribution in [0.2, 0.25) is 0 Å². The van der Waals surface area contributed by atoms with E-state index in [0.29, 0.717) is 5.92 Å². The van der Waals surface area contributed by atoms with Gasteiger partial charge in [0.05, 0.1) is 0 Å². The molecular formula is C15H24FN. The largest absolute Gasteiger partial charge is 0.319 e. The molecule has 0 bridgehead atoms. The van der Waals surface area contributed by atoms with Crippen molar-refractivity contribution in [3.05, 3.63) is 35.6 Å². The van der Waals surface area contributed by atoms with Crippen LogP contribution in [0.25, 0.3) is 0 Å². The molecule has 0 radical (unpaired) electrons. The minimum atomic E-state index is -0.0706. The molecule has 1 N–H and O–H groups in total. The summed E-state index contributed by atoms with van der Waals surface area (Å²) in [5.74, 6) is 0.901. The molecule has 0 fully saturated rings. The fourth-order valence-corrected chi connectivity index (χ4v) is 2.40. The first-order valence-corrected chi connectivity index (χ1v) is 6.61. The molecule has 0 saturated heterocycles. The monoisotopic (exact) mass is 237 g/mol. The maximum absolute atomic E-state index is 13.8. The van der Waals surface area contributed by atoms with Crippen LogP contribution < -0.4 is 5.32 Å². The van der Waals surface area contributed by atoms with Crippen LogP contribution in [0.1, 0.15) is 44.6 Å². The van der Waals surface area contributed by atoms with Gasteiger partial charge in [0.1, 0.15) is 5.82 Å². The zero-order chi connectivity index (χ0) is 12.7. The number of likely N-dealkylation sites (N-methyl/N-ethyl adjacent to an activating group) is 1. The summed E-state index contributed by atoms with van der Waals surface area (Å²) >= 11 is 0. The van der Waals surface area contributed by atoms with Crippen molar-refractivity contribution in [3.8, 4) is 0 Å². The predicted molar refractivity (Wildman–Crippen MR) is 71.8 cm³/mol. The normalized spacial score (nSPS) is 13.0. The van der Waals surface area contributed by atoms with Gasteiger partial charge < -0.3 is 5.32 Å². The molecule has 0 aliphatic carbocycles. The quantitative estimate of drug-likeness (QED) is 0.757. The summed E-state index contributed by atoms with van der Waals surface area (Å²) in [6.07, 6.45) is 3.41. The second kappa shape index (κ2) is 7.44. The fraction of sp³-hybridized carbons (Fsp3) is 0.600. The van der Waals surface area contributed by atoms with E-state index in [9.17, 15) is 4.39 Å². The Bertz CT molecular complexity index is 320. The van der Waals surface area contributed by atoms with Gasteiger partial charge in [0.2, 0.25) is 0 Å². The lowest BCUT2D eigenvalue weighted by Gasteiger charge is -2.22. The minimum Gasteiger partial charge on any atom is -0.319 e. The van der Waals surface area contributed by atoms with E-state index in [4.69, 9.17) is 0 Å². The van der Waals surface area contributed by atoms with Crippen molar-refractivity contribution in [3.63, 3.8) is 0 Å². The van der Waals surface area contributed by atoms with Crippen molar-refractivity contribution in [2.75, 3.05) is 13.6 Å². The smallest absolute Gasteiger partial charge is 0.126 e. The zero-order valence-corrected chi connectivity index (χ0v) is 11.2. The lowest BCUT2D eigenvalue weighted by molar-refractivity contribution is 0.396. The third kappa shape index (κ3) is 4.12. The summed E-state index contributed by atoms with van der Waals surface area (Å²) < 4.78 is 13.8. The maximum atomic E-state index is 13.8. The summed E-state index contributed by atoms with van der Waals surface area (Å²) in [7, 11) is 1.93. The molecule has 0 aliphatic rings. The van der Waals surface area contributed by atoms with E-state index in [-0.39, 0.29) is 11.7 Å². The van der Waals surface area contributed by atoms with Crippen molar-refractivity contribution >= 4 is 0 Å². The van der Waals surface area contributed by atoms with Gasteiger partial charge in [-0.1, -0.05) is 44.9 Å². The van der Waals surface area contributed by atoms with E-state index in [2.05, 4.69) is 19.2 Å². The highest BCUT2D eigenvalue weighted by Crippen LogP contribution is 2.28. The Balaban J connectivity index is 2.81. The molecule has 1 aromatic carbocycles. The van der Waals surface area contributed by atoms with Crippen LogP contribution in [0.3, 0.4) is 0 Å². The first kappa shape index (κ1) is 14.2. The highest BCUT2D eigenvalue weighted by Gasteiger charge is 2.18. The Morgan fingerprint density at radius 1 is 1.18 bits per heavy atom. The van der Waals surface area contributed by atoms with Crippen LogP contribution in [-0.2, 0) is 0 Å². The van der Waals surface area contributed by atoms with E-state index in [1.54, 1.807) is 12.1 Å². The van der Waals surface area contributed by atoms with Crippen LogP contribution >= 0.6 is 0 Å². The van der Waals surface area contributed by atoms with Gasteiger partial charge in [-0.3, -0.25) is 0 Å². The van der Waals surface area contributed by atoms with Crippen LogP contribution in [0.5, 0.6) is 0 Å². The van der Waals surface area contributed by atoms with Crippen molar-refractivity contribution in [1.29, 1.82) is 0 Å². The minimum absolute atomic E-state index is 0.0706. The van der Waals surface area contributed by atoms with Crippen molar-refractivity contribution < 1.29 is 4.39 Å². The summed E-state index contributed by atoms with van der Waals surface area (Å²) in [6, 6.07) is 7.16. The highest BCUT2D eigenvalue weighted by molar-refractivity contribution is 5.22. The van der Waals surface area contributed by atoms with Crippen molar-refractivity contribution in [1.82, 2.24) is 5.32 Å². The third-order valence-electron chi connectivity index (χ3n) is 3.57. The van der Waals surface area contributed by atoms with Gasteiger partial charge in [0.25, 0.3) is 0 Å². The number of rotatable bonds is 7. The van der Waals surface area contributed by atoms with E-state index < -0.39 is 0 Å². The van der Waals surface area contributed by atoms with Crippen molar-refractivity contribution in [2.24, 2.45) is 5.92 Å². The van der Waals surface area contributed by atoms with Crippen LogP contribution in [0.15, 0.2) is 24.3 Å². The molecular weight excluding hydrogens is 213 g/mol. The Morgan fingerprint density at radius 3 is 2.35 bits per heavy atom. The molecule has 0 heterocycles. The second-order valence-electron chi connectivity index (χ2n) is 4.69. The first-order chi connectivity index (χ1) is 8.22. The first-order valence-electron chi connectivity index (χ1n) is 6.61. The van der Waals surface area contributed by atoms with Gasteiger partial charge in [-0.15, -0.1) is 0 Å². The molecule has 1 atom stereocenters. The topological polar surface area (TPSA) is 12.0 Å². The third-order valence-corrected chi connectivity index (χ3v) is 3.57. The molecule has 1 unspecified atom stereocenters. The predicted octanol–water partition coefficient (Wildman–Crippen LogP) is 3.96. The summed E-state index contributed by atoms with van der Waals surface area (Å²) in [4.78, 5) is 0. The van der Waals surface area contributed by atoms with Gasteiger partial charge >= 0.3 is 0 Å². The molecule has 0 aromatic heterocycles. The van der Waals surface area contributed by atoms with E-state index in [1.165, 1.54) is 12.8 Å². The average molecular weight is 237 g/mol. The Kier molecular flexibility index (Phi) is 6.20. The summed E-state index contributed by atoms with van der Waals surface area (Å²) in [6.45, 7) is 5.27. The molecule has 0 saturated carbocycles. The van der Waals surface area contributed by atoms with Crippen LogP contribution in [0.4, 0.5) is 4.39 Å². The SMILES string of the molecule is CCC(CC)CC(CNC)c1ccccc1F. The molecule has 0 spiro atoms. The molecule has 1 rings (SSSR count).